The second kappa shape index (κ2) is 6.05. The van der Waals surface area contributed by atoms with Gasteiger partial charge in [-0.3, -0.25) is 4.79 Å². The molecule has 0 radical (unpaired) electrons. The fourth-order valence-electron chi connectivity index (χ4n) is 3.03. The molecule has 0 bridgehead atoms. The minimum Gasteiger partial charge on any atom is -0.321 e. The molecular formula is C20H18ClNO. The summed E-state index contributed by atoms with van der Waals surface area (Å²) in [6.45, 7) is 6.07. The number of carbonyl (C=O) groups excluding carboxylic acids is 1. The summed E-state index contributed by atoms with van der Waals surface area (Å²) in [5.74, 6) is -0.118. The molecule has 0 unspecified atom stereocenters. The van der Waals surface area contributed by atoms with Crippen LogP contribution in [0, 0.1) is 20.8 Å². The van der Waals surface area contributed by atoms with Crippen molar-refractivity contribution in [2.75, 3.05) is 5.32 Å². The van der Waals surface area contributed by atoms with Gasteiger partial charge in [0.2, 0.25) is 0 Å². The van der Waals surface area contributed by atoms with E-state index in [1.807, 2.05) is 50.2 Å². The predicted molar refractivity (Wildman–Crippen MR) is 97.6 cm³/mol. The Kier molecular flexibility index (Phi) is 4.10. The third kappa shape index (κ3) is 2.95. The van der Waals surface area contributed by atoms with E-state index in [1.54, 1.807) is 0 Å². The highest BCUT2D eigenvalue weighted by Crippen LogP contribution is 2.28. The van der Waals surface area contributed by atoms with Gasteiger partial charge in [0.25, 0.3) is 5.91 Å². The minimum atomic E-state index is -0.118. The molecule has 3 heteroatoms. The molecule has 0 aliphatic carbocycles. The number of aryl methyl sites for hydroxylation is 3. The topological polar surface area (TPSA) is 29.1 Å². The molecule has 1 N–H and O–H groups in total. The summed E-state index contributed by atoms with van der Waals surface area (Å²) < 4.78 is 0. The molecule has 0 fully saturated rings. The van der Waals surface area contributed by atoms with E-state index in [0.29, 0.717) is 10.6 Å². The van der Waals surface area contributed by atoms with Crippen LogP contribution in [0.2, 0.25) is 5.02 Å². The number of hydrogen-bond acceptors (Lipinski definition) is 1. The van der Waals surface area contributed by atoms with E-state index in [2.05, 4.69) is 24.4 Å². The average Bonchev–Trinajstić information content (AvgIpc) is 2.50. The molecule has 3 aromatic carbocycles. The zero-order chi connectivity index (χ0) is 16.6. The Morgan fingerprint density at radius 3 is 2.22 bits per heavy atom. The number of anilines is 1. The van der Waals surface area contributed by atoms with Crippen molar-refractivity contribution >= 4 is 34.0 Å². The lowest BCUT2D eigenvalue weighted by Crippen LogP contribution is -2.14. The highest BCUT2D eigenvalue weighted by molar-refractivity contribution is 6.36. The summed E-state index contributed by atoms with van der Waals surface area (Å²) in [5, 5.41) is 5.45. The number of amides is 1. The van der Waals surface area contributed by atoms with E-state index < -0.39 is 0 Å². The molecule has 0 atom stereocenters. The van der Waals surface area contributed by atoms with Gasteiger partial charge in [0.15, 0.2) is 0 Å². The maximum atomic E-state index is 12.8. The van der Waals surface area contributed by atoms with E-state index in [-0.39, 0.29) is 5.91 Å². The Morgan fingerprint density at radius 2 is 1.52 bits per heavy atom. The molecule has 23 heavy (non-hydrogen) atoms. The standard InChI is InChI=1S/C20H18ClNO/c1-12-10-13(2)19(14(3)11-12)22-20(23)17-8-4-7-16-15(17)6-5-9-18(16)21/h4-11H,1-3H3,(H,22,23). The Labute approximate surface area is 141 Å². The first-order valence-corrected chi connectivity index (χ1v) is 7.91. The van der Waals surface area contributed by atoms with Crippen LogP contribution < -0.4 is 5.32 Å². The monoisotopic (exact) mass is 323 g/mol. The lowest BCUT2D eigenvalue weighted by Gasteiger charge is -2.14. The van der Waals surface area contributed by atoms with Gasteiger partial charge in [-0.15, -0.1) is 0 Å². The maximum absolute atomic E-state index is 12.8. The zero-order valence-electron chi connectivity index (χ0n) is 13.4. The molecule has 0 spiro atoms. The SMILES string of the molecule is Cc1cc(C)c(NC(=O)c2cccc3c(Cl)cccc23)c(C)c1. The van der Waals surface area contributed by atoms with E-state index in [0.717, 1.165) is 27.6 Å². The molecule has 0 aliphatic rings. The van der Waals surface area contributed by atoms with Crippen molar-refractivity contribution in [3.8, 4) is 0 Å². The predicted octanol–water partition coefficient (Wildman–Crippen LogP) is 5.67. The van der Waals surface area contributed by atoms with Crippen LogP contribution >= 0.6 is 11.6 Å². The second-order valence-electron chi connectivity index (χ2n) is 5.87. The maximum Gasteiger partial charge on any atom is 0.256 e. The van der Waals surface area contributed by atoms with Crippen LogP contribution in [0.25, 0.3) is 10.8 Å². The molecule has 0 saturated carbocycles. The summed E-state index contributed by atoms with van der Waals surface area (Å²) in [4.78, 5) is 12.8. The van der Waals surface area contributed by atoms with Gasteiger partial charge >= 0.3 is 0 Å². The van der Waals surface area contributed by atoms with Gasteiger partial charge in [-0.1, -0.05) is 53.6 Å². The average molecular weight is 324 g/mol. The fourth-order valence-corrected chi connectivity index (χ4v) is 3.27. The number of benzene rings is 3. The third-order valence-corrected chi connectivity index (χ3v) is 4.36. The van der Waals surface area contributed by atoms with Gasteiger partial charge in [-0.25, -0.2) is 0 Å². The molecule has 0 aromatic heterocycles. The largest absolute Gasteiger partial charge is 0.321 e. The molecule has 0 aliphatic heterocycles. The number of nitrogens with one attached hydrogen (secondary N) is 1. The molecular weight excluding hydrogens is 306 g/mol. The molecule has 0 saturated heterocycles. The number of rotatable bonds is 2. The lowest BCUT2D eigenvalue weighted by molar-refractivity contribution is 0.102. The summed E-state index contributed by atoms with van der Waals surface area (Å²) in [7, 11) is 0. The van der Waals surface area contributed by atoms with Gasteiger partial charge in [0.1, 0.15) is 0 Å². The van der Waals surface area contributed by atoms with Gasteiger partial charge in [0.05, 0.1) is 0 Å². The summed E-state index contributed by atoms with van der Waals surface area (Å²) >= 11 is 6.23. The van der Waals surface area contributed by atoms with E-state index in [4.69, 9.17) is 11.6 Å². The normalized spacial score (nSPS) is 10.8. The van der Waals surface area contributed by atoms with Gasteiger partial charge < -0.3 is 5.32 Å². The molecule has 3 aromatic rings. The van der Waals surface area contributed by atoms with Gasteiger partial charge in [-0.2, -0.15) is 0 Å². The molecule has 116 valence electrons. The highest BCUT2D eigenvalue weighted by Gasteiger charge is 2.13. The third-order valence-electron chi connectivity index (χ3n) is 4.03. The Balaban J connectivity index is 2.04. The summed E-state index contributed by atoms with van der Waals surface area (Å²) in [6, 6.07) is 15.4. The summed E-state index contributed by atoms with van der Waals surface area (Å²) in [6.07, 6.45) is 0. The van der Waals surface area contributed by atoms with E-state index >= 15 is 0 Å². The van der Waals surface area contributed by atoms with Gasteiger partial charge in [0, 0.05) is 21.7 Å². The first-order valence-electron chi connectivity index (χ1n) is 7.54. The van der Waals surface area contributed by atoms with Crippen LogP contribution in [0.15, 0.2) is 48.5 Å². The first-order chi connectivity index (χ1) is 11.0. The van der Waals surface area contributed by atoms with Crippen LogP contribution in [0.5, 0.6) is 0 Å². The number of carbonyl (C=O) groups is 1. The summed E-state index contributed by atoms with van der Waals surface area (Å²) in [5.41, 5.74) is 4.82. The van der Waals surface area contributed by atoms with Crippen molar-refractivity contribution in [2.45, 2.75) is 20.8 Å². The van der Waals surface area contributed by atoms with Crippen molar-refractivity contribution in [1.82, 2.24) is 0 Å². The number of hydrogen-bond donors (Lipinski definition) is 1. The lowest BCUT2D eigenvalue weighted by atomic mass is 10.0. The van der Waals surface area contributed by atoms with Crippen LogP contribution in [0.3, 0.4) is 0 Å². The van der Waals surface area contributed by atoms with E-state index in [1.165, 1.54) is 5.56 Å². The van der Waals surface area contributed by atoms with Crippen LogP contribution in [0.1, 0.15) is 27.0 Å². The Morgan fingerprint density at radius 1 is 0.913 bits per heavy atom. The fraction of sp³-hybridized carbons (Fsp3) is 0.150. The minimum absolute atomic E-state index is 0.118. The highest BCUT2D eigenvalue weighted by atomic mass is 35.5. The first kappa shape index (κ1) is 15.6. The molecule has 2 nitrogen and oxygen atoms in total. The molecule has 0 heterocycles. The van der Waals surface area contributed by atoms with Crippen LogP contribution in [0.4, 0.5) is 5.69 Å². The van der Waals surface area contributed by atoms with Gasteiger partial charge in [-0.05, 0) is 49.4 Å². The Bertz CT molecular complexity index is 892. The number of halogens is 1. The second-order valence-corrected chi connectivity index (χ2v) is 6.28. The Hall–Kier alpha value is -2.32. The number of fused-ring (bicyclic) bond motifs is 1. The van der Waals surface area contributed by atoms with Crippen molar-refractivity contribution in [2.24, 2.45) is 0 Å². The van der Waals surface area contributed by atoms with Crippen LogP contribution in [-0.4, -0.2) is 5.91 Å². The smallest absolute Gasteiger partial charge is 0.256 e. The molecule has 3 rings (SSSR count). The van der Waals surface area contributed by atoms with Crippen molar-refractivity contribution in [3.63, 3.8) is 0 Å². The van der Waals surface area contributed by atoms with Crippen molar-refractivity contribution in [3.05, 3.63) is 75.8 Å². The zero-order valence-corrected chi connectivity index (χ0v) is 14.2. The van der Waals surface area contributed by atoms with Crippen molar-refractivity contribution < 1.29 is 4.79 Å². The quantitative estimate of drug-likeness (QED) is 0.646. The molecule has 1 amide bonds. The van der Waals surface area contributed by atoms with Crippen LogP contribution in [-0.2, 0) is 0 Å². The van der Waals surface area contributed by atoms with E-state index in [9.17, 15) is 4.79 Å². The van der Waals surface area contributed by atoms with Crippen molar-refractivity contribution in [1.29, 1.82) is 0 Å².